The van der Waals surface area contributed by atoms with Crippen LogP contribution in [-0.4, -0.2) is 48.5 Å². The maximum atomic E-state index is 12.8. The normalized spacial score (nSPS) is 22.0. The van der Waals surface area contributed by atoms with Crippen molar-refractivity contribution in [1.29, 1.82) is 0 Å². The number of amides is 1. The molecule has 0 radical (unpaired) electrons. The molecule has 3 heterocycles. The molecule has 2 aliphatic rings. The molecular weight excluding hydrogens is 352 g/mol. The number of carbonyl (C=O) groups is 1. The summed E-state index contributed by atoms with van der Waals surface area (Å²) in [6.07, 6.45) is 6.01. The third kappa shape index (κ3) is 3.98. The Bertz CT molecular complexity index is 804. The van der Waals surface area contributed by atoms with Gasteiger partial charge in [0.2, 0.25) is 0 Å². The molecule has 2 fully saturated rings. The van der Waals surface area contributed by atoms with E-state index in [-0.39, 0.29) is 11.3 Å². The number of hydrogen-bond acceptors (Lipinski definition) is 4. The van der Waals surface area contributed by atoms with Gasteiger partial charge in [-0.15, -0.1) is 0 Å². The van der Waals surface area contributed by atoms with E-state index in [4.69, 9.17) is 4.74 Å². The zero-order valence-electron chi connectivity index (χ0n) is 16.6. The first-order valence-electron chi connectivity index (χ1n) is 10.4. The number of benzene rings is 1. The van der Waals surface area contributed by atoms with Crippen LogP contribution in [0.25, 0.3) is 0 Å². The Morgan fingerprint density at radius 3 is 2.89 bits per heavy atom. The molecule has 0 spiro atoms. The van der Waals surface area contributed by atoms with Crippen LogP contribution < -0.4 is 10.6 Å². The van der Waals surface area contributed by atoms with E-state index in [0.29, 0.717) is 18.3 Å². The molecule has 28 heavy (non-hydrogen) atoms. The summed E-state index contributed by atoms with van der Waals surface area (Å²) in [4.78, 5) is 12.8. The third-order valence-electron chi connectivity index (χ3n) is 6.24. The molecule has 0 bridgehead atoms. The lowest BCUT2D eigenvalue weighted by molar-refractivity contribution is 0.0484. The van der Waals surface area contributed by atoms with Gasteiger partial charge in [-0.05, 0) is 56.3 Å². The fraction of sp³-hybridized carbons (Fsp3) is 0.545. The lowest BCUT2D eigenvalue weighted by atomic mass is 9.72. The Morgan fingerprint density at radius 2 is 2.14 bits per heavy atom. The average Bonchev–Trinajstić information content (AvgIpc) is 3.24. The van der Waals surface area contributed by atoms with Crippen molar-refractivity contribution in [2.75, 3.05) is 32.8 Å². The highest BCUT2D eigenvalue weighted by molar-refractivity contribution is 5.92. The highest BCUT2D eigenvalue weighted by atomic mass is 16.5. The number of piperidine rings is 1. The fourth-order valence-electron chi connectivity index (χ4n) is 4.53. The van der Waals surface area contributed by atoms with Gasteiger partial charge in [-0.25, -0.2) is 0 Å². The number of aromatic nitrogens is 2. The topological polar surface area (TPSA) is 68.2 Å². The molecule has 1 unspecified atom stereocenters. The average molecular weight is 383 g/mol. The van der Waals surface area contributed by atoms with Gasteiger partial charge in [-0.2, -0.15) is 5.10 Å². The Hall–Kier alpha value is -2.18. The van der Waals surface area contributed by atoms with Gasteiger partial charge in [0.15, 0.2) is 0 Å². The second-order valence-corrected chi connectivity index (χ2v) is 8.07. The van der Waals surface area contributed by atoms with Crippen molar-refractivity contribution in [3.63, 3.8) is 0 Å². The maximum Gasteiger partial charge on any atom is 0.271 e. The monoisotopic (exact) mass is 382 g/mol. The van der Waals surface area contributed by atoms with Crippen LogP contribution in [0.4, 0.5) is 0 Å². The van der Waals surface area contributed by atoms with Crippen molar-refractivity contribution in [3.8, 4) is 0 Å². The van der Waals surface area contributed by atoms with Gasteiger partial charge < -0.3 is 15.4 Å². The maximum absolute atomic E-state index is 12.8. The summed E-state index contributed by atoms with van der Waals surface area (Å²) in [5, 5.41) is 11.1. The second kappa shape index (κ2) is 8.45. The number of carbonyl (C=O) groups excluding carboxylic acids is 1. The molecule has 1 aromatic heterocycles. The van der Waals surface area contributed by atoms with Crippen molar-refractivity contribution in [3.05, 3.63) is 53.3 Å². The Kier molecular flexibility index (Phi) is 5.78. The van der Waals surface area contributed by atoms with Gasteiger partial charge in [0.25, 0.3) is 5.91 Å². The first-order valence-corrected chi connectivity index (χ1v) is 10.4. The summed E-state index contributed by atoms with van der Waals surface area (Å²) < 4.78 is 7.55. The number of aryl methyl sites for hydroxylation is 1. The van der Waals surface area contributed by atoms with Crippen LogP contribution >= 0.6 is 0 Å². The van der Waals surface area contributed by atoms with Gasteiger partial charge in [0.05, 0.1) is 6.04 Å². The molecule has 2 aromatic rings. The van der Waals surface area contributed by atoms with Gasteiger partial charge >= 0.3 is 0 Å². The minimum atomic E-state index is -0.0954. The van der Waals surface area contributed by atoms with Crippen molar-refractivity contribution in [2.24, 2.45) is 0 Å². The summed E-state index contributed by atoms with van der Waals surface area (Å²) in [6, 6.07) is 10.7. The molecule has 6 nitrogen and oxygen atoms in total. The molecule has 2 aliphatic heterocycles. The van der Waals surface area contributed by atoms with E-state index in [9.17, 15) is 4.79 Å². The smallest absolute Gasteiger partial charge is 0.271 e. The third-order valence-corrected chi connectivity index (χ3v) is 6.24. The second-order valence-electron chi connectivity index (χ2n) is 8.07. The van der Waals surface area contributed by atoms with Gasteiger partial charge in [-0.3, -0.25) is 9.48 Å². The largest absolute Gasteiger partial charge is 0.381 e. The van der Waals surface area contributed by atoms with E-state index in [1.807, 2.05) is 16.9 Å². The van der Waals surface area contributed by atoms with Crippen molar-refractivity contribution in [2.45, 2.75) is 44.1 Å². The SMILES string of the molecule is Cc1ccccc1C1(CNC(=O)c2ccn(C3CCCNC3)n2)CCOCC1. The predicted octanol–water partition coefficient (Wildman–Crippen LogP) is 2.59. The number of hydrogen-bond donors (Lipinski definition) is 2. The lowest BCUT2D eigenvalue weighted by Crippen LogP contribution is -2.45. The summed E-state index contributed by atoms with van der Waals surface area (Å²) in [5.74, 6) is -0.0954. The van der Waals surface area contributed by atoms with E-state index in [1.54, 1.807) is 0 Å². The lowest BCUT2D eigenvalue weighted by Gasteiger charge is -2.38. The van der Waals surface area contributed by atoms with Crippen LogP contribution in [0, 0.1) is 6.92 Å². The minimum absolute atomic E-state index is 0.0743. The summed E-state index contributed by atoms with van der Waals surface area (Å²) in [7, 11) is 0. The highest BCUT2D eigenvalue weighted by Gasteiger charge is 2.36. The minimum Gasteiger partial charge on any atom is -0.381 e. The molecular formula is C22H30N4O2. The number of nitrogens with one attached hydrogen (secondary N) is 2. The van der Waals surface area contributed by atoms with Crippen molar-refractivity contribution in [1.82, 2.24) is 20.4 Å². The molecule has 0 saturated carbocycles. The fourth-order valence-corrected chi connectivity index (χ4v) is 4.53. The van der Waals surface area contributed by atoms with Crippen LogP contribution in [0.15, 0.2) is 36.5 Å². The number of rotatable bonds is 5. The molecule has 1 atom stereocenters. The van der Waals surface area contributed by atoms with E-state index in [2.05, 4.69) is 46.9 Å². The summed E-state index contributed by atoms with van der Waals surface area (Å²) in [6.45, 7) is 6.20. The zero-order valence-corrected chi connectivity index (χ0v) is 16.6. The zero-order chi connectivity index (χ0) is 19.4. The van der Waals surface area contributed by atoms with Crippen molar-refractivity contribution >= 4 is 5.91 Å². The molecule has 2 saturated heterocycles. The van der Waals surface area contributed by atoms with Crippen molar-refractivity contribution < 1.29 is 9.53 Å². The van der Waals surface area contributed by atoms with Crippen LogP contribution in [0.3, 0.4) is 0 Å². The Morgan fingerprint density at radius 1 is 1.32 bits per heavy atom. The molecule has 1 aromatic carbocycles. The summed E-state index contributed by atoms with van der Waals surface area (Å²) in [5.41, 5.74) is 3.01. The highest BCUT2D eigenvalue weighted by Crippen LogP contribution is 2.36. The van der Waals surface area contributed by atoms with Gasteiger partial charge in [-0.1, -0.05) is 24.3 Å². The Labute approximate surface area is 166 Å². The van der Waals surface area contributed by atoms with E-state index in [0.717, 1.165) is 52.0 Å². The predicted molar refractivity (Wildman–Crippen MR) is 109 cm³/mol. The number of nitrogens with zero attached hydrogens (tertiary/aromatic N) is 2. The molecule has 2 N–H and O–H groups in total. The first-order chi connectivity index (χ1) is 13.7. The van der Waals surface area contributed by atoms with E-state index >= 15 is 0 Å². The van der Waals surface area contributed by atoms with Crippen LogP contribution in [0.1, 0.15) is 53.3 Å². The molecule has 1 amide bonds. The molecule has 0 aliphatic carbocycles. The standard InChI is InChI=1S/C22H30N4O2/c1-17-5-2-3-7-19(17)22(9-13-28-14-10-22)16-24-21(27)20-8-12-26(25-20)18-6-4-11-23-15-18/h2-3,5,7-8,12,18,23H,4,6,9-11,13-16H2,1H3,(H,24,27). The molecule has 4 rings (SSSR count). The quantitative estimate of drug-likeness (QED) is 0.834. The van der Waals surface area contributed by atoms with Crippen LogP contribution in [0.5, 0.6) is 0 Å². The van der Waals surface area contributed by atoms with Crippen LogP contribution in [0.2, 0.25) is 0 Å². The van der Waals surface area contributed by atoms with Gasteiger partial charge in [0, 0.05) is 37.9 Å². The summed E-state index contributed by atoms with van der Waals surface area (Å²) >= 11 is 0. The molecule has 150 valence electrons. The van der Waals surface area contributed by atoms with Gasteiger partial charge in [0.1, 0.15) is 5.69 Å². The molecule has 6 heteroatoms. The van der Waals surface area contributed by atoms with E-state index < -0.39 is 0 Å². The van der Waals surface area contributed by atoms with E-state index in [1.165, 1.54) is 11.1 Å². The number of ether oxygens (including phenoxy) is 1. The van der Waals surface area contributed by atoms with Crippen LogP contribution in [-0.2, 0) is 10.2 Å². The first kappa shape index (κ1) is 19.2. The Balaban J connectivity index is 1.46.